The van der Waals surface area contributed by atoms with E-state index in [4.69, 9.17) is 10.5 Å². The number of benzene rings is 3. The second-order valence-corrected chi connectivity index (χ2v) is 9.46. The zero-order valence-electron chi connectivity index (χ0n) is 21.1. The number of hydrogen-bond acceptors (Lipinski definition) is 5. The smallest absolute Gasteiger partial charge is 0.409 e. The van der Waals surface area contributed by atoms with Crippen LogP contribution in [0.5, 0.6) is 0 Å². The van der Waals surface area contributed by atoms with Crippen molar-refractivity contribution in [2.24, 2.45) is 0 Å². The maximum atomic E-state index is 13.2. The molecular weight excluding hydrogens is 464 g/mol. The third kappa shape index (κ3) is 5.52. The predicted octanol–water partition coefficient (Wildman–Crippen LogP) is 4.70. The minimum atomic E-state index is -0.256. The lowest BCUT2D eigenvalue weighted by atomic mass is 9.97. The van der Waals surface area contributed by atoms with Gasteiger partial charge in [0.1, 0.15) is 0 Å². The van der Waals surface area contributed by atoms with Crippen molar-refractivity contribution in [3.63, 3.8) is 0 Å². The van der Waals surface area contributed by atoms with Gasteiger partial charge in [-0.1, -0.05) is 36.4 Å². The Morgan fingerprint density at radius 2 is 1.65 bits per heavy atom. The number of ether oxygens (including phenoxy) is 1. The molecule has 0 atom stereocenters. The Bertz CT molecular complexity index is 1410. The predicted molar refractivity (Wildman–Crippen MR) is 147 cm³/mol. The zero-order valence-corrected chi connectivity index (χ0v) is 21.1. The number of nitrogens with zero attached hydrogens (tertiary/aromatic N) is 3. The molecule has 1 fully saturated rings. The minimum absolute atomic E-state index is 0.0510. The number of ketones is 1. The van der Waals surface area contributed by atoms with Crippen molar-refractivity contribution in [3.05, 3.63) is 90.1 Å². The van der Waals surface area contributed by atoms with Gasteiger partial charge in [0.2, 0.25) is 0 Å². The summed E-state index contributed by atoms with van der Waals surface area (Å²) in [5.74, 6) is 0.0510. The van der Waals surface area contributed by atoms with Crippen LogP contribution in [0.25, 0.3) is 22.0 Å². The molecule has 0 aliphatic carbocycles. The van der Waals surface area contributed by atoms with E-state index in [0.717, 1.165) is 53.8 Å². The first-order valence-electron chi connectivity index (χ1n) is 12.6. The average molecular weight is 497 g/mol. The van der Waals surface area contributed by atoms with E-state index >= 15 is 0 Å². The molecular formula is C30H32N4O3. The number of anilines is 1. The molecule has 2 N–H and O–H groups in total. The van der Waals surface area contributed by atoms with Crippen molar-refractivity contribution in [1.29, 1.82) is 0 Å². The largest absolute Gasteiger partial charge is 0.453 e. The van der Waals surface area contributed by atoms with E-state index in [2.05, 4.69) is 33.9 Å². The van der Waals surface area contributed by atoms with Crippen molar-refractivity contribution in [1.82, 2.24) is 14.4 Å². The van der Waals surface area contributed by atoms with Crippen LogP contribution in [0.4, 0.5) is 10.5 Å². The molecule has 0 spiro atoms. The summed E-state index contributed by atoms with van der Waals surface area (Å²) >= 11 is 0. The van der Waals surface area contributed by atoms with Crippen LogP contribution >= 0.6 is 0 Å². The summed E-state index contributed by atoms with van der Waals surface area (Å²) in [7, 11) is 1.42. The summed E-state index contributed by atoms with van der Waals surface area (Å²) in [6.45, 7) is 4.78. The van der Waals surface area contributed by atoms with Gasteiger partial charge < -0.3 is 19.9 Å². The SMILES string of the molecule is COC(=O)N1CCN(CCn2ccc3cc(C(=O)Cc4cc(-c5ccccc5)ccc4N)ccc32)CC1. The number of carbonyl (C=O) groups is 2. The van der Waals surface area contributed by atoms with Gasteiger partial charge >= 0.3 is 6.09 Å². The number of piperazine rings is 1. The third-order valence-electron chi connectivity index (χ3n) is 7.16. The fraction of sp³-hybridized carbons (Fsp3) is 0.267. The van der Waals surface area contributed by atoms with Gasteiger partial charge in [0.15, 0.2) is 5.78 Å². The lowest BCUT2D eigenvalue weighted by Gasteiger charge is -2.33. The monoisotopic (exact) mass is 496 g/mol. The Morgan fingerprint density at radius 1 is 0.865 bits per heavy atom. The molecule has 1 saturated heterocycles. The quantitative estimate of drug-likeness (QED) is 0.296. The lowest BCUT2D eigenvalue weighted by Crippen LogP contribution is -2.49. The first-order valence-corrected chi connectivity index (χ1v) is 12.6. The number of aromatic nitrogens is 1. The molecule has 0 radical (unpaired) electrons. The zero-order chi connectivity index (χ0) is 25.8. The van der Waals surface area contributed by atoms with E-state index in [0.29, 0.717) is 24.3 Å². The van der Waals surface area contributed by atoms with Crippen molar-refractivity contribution < 1.29 is 14.3 Å². The van der Waals surface area contributed by atoms with Gasteiger partial charge in [0.05, 0.1) is 7.11 Å². The van der Waals surface area contributed by atoms with Crippen LogP contribution in [0.2, 0.25) is 0 Å². The van der Waals surface area contributed by atoms with Crippen LogP contribution in [-0.2, 0) is 17.7 Å². The van der Waals surface area contributed by atoms with E-state index in [9.17, 15) is 9.59 Å². The van der Waals surface area contributed by atoms with Gasteiger partial charge in [0, 0.05) is 74.0 Å². The summed E-state index contributed by atoms with van der Waals surface area (Å²) in [5, 5.41) is 1.05. The molecule has 2 heterocycles. The molecule has 1 amide bonds. The van der Waals surface area contributed by atoms with E-state index in [1.807, 2.05) is 54.6 Å². The summed E-state index contributed by atoms with van der Waals surface area (Å²) in [6.07, 6.45) is 2.08. The van der Waals surface area contributed by atoms with E-state index < -0.39 is 0 Å². The standard InChI is InChI=1S/C30H32N4O3/c1-37-30(36)34-17-14-32(15-18-34)13-16-33-12-11-24-20-25(8-10-28(24)33)29(35)21-26-19-23(7-9-27(26)31)22-5-3-2-4-6-22/h2-12,19-20H,13-18,21,31H2,1H3. The van der Waals surface area contributed by atoms with Crippen LogP contribution in [-0.4, -0.2) is 66.1 Å². The highest BCUT2D eigenvalue weighted by Gasteiger charge is 2.21. The maximum absolute atomic E-state index is 13.2. The van der Waals surface area contributed by atoms with Gasteiger partial charge in [-0.05, 0) is 53.1 Å². The Morgan fingerprint density at radius 3 is 2.41 bits per heavy atom. The summed E-state index contributed by atoms with van der Waals surface area (Å²) < 4.78 is 7.03. The topological polar surface area (TPSA) is 80.8 Å². The number of nitrogen functional groups attached to an aromatic ring is 1. The molecule has 1 aromatic heterocycles. The summed E-state index contributed by atoms with van der Waals surface area (Å²) in [4.78, 5) is 29.0. The number of nitrogens with two attached hydrogens (primary N) is 1. The number of rotatable bonds is 7. The van der Waals surface area contributed by atoms with Crippen LogP contribution < -0.4 is 5.73 Å². The molecule has 3 aromatic carbocycles. The van der Waals surface area contributed by atoms with E-state index in [-0.39, 0.29) is 18.3 Å². The second kappa shape index (κ2) is 10.9. The number of carbonyl (C=O) groups excluding carboxylic acids is 2. The molecule has 7 heteroatoms. The molecule has 190 valence electrons. The Kier molecular flexibility index (Phi) is 7.23. The molecule has 4 aromatic rings. The fourth-order valence-corrected chi connectivity index (χ4v) is 4.94. The molecule has 7 nitrogen and oxygen atoms in total. The lowest BCUT2D eigenvalue weighted by molar-refractivity contribution is 0.0900. The highest BCUT2D eigenvalue weighted by atomic mass is 16.5. The first kappa shape index (κ1) is 24.6. The molecule has 5 rings (SSSR count). The molecule has 1 aliphatic heterocycles. The Balaban J connectivity index is 1.23. The van der Waals surface area contributed by atoms with Crippen LogP contribution in [0.15, 0.2) is 79.0 Å². The minimum Gasteiger partial charge on any atom is -0.453 e. The molecule has 37 heavy (non-hydrogen) atoms. The second-order valence-electron chi connectivity index (χ2n) is 9.46. The number of fused-ring (bicyclic) bond motifs is 1. The van der Waals surface area contributed by atoms with Crippen molar-refractivity contribution in [2.75, 3.05) is 45.6 Å². The molecule has 1 aliphatic rings. The van der Waals surface area contributed by atoms with Crippen LogP contribution in [0, 0.1) is 0 Å². The van der Waals surface area contributed by atoms with Gasteiger partial charge in [0.25, 0.3) is 0 Å². The van der Waals surface area contributed by atoms with Crippen molar-refractivity contribution in [3.8, 4) is 11.1 Å². The maximum Gasteiger partial charge on any atom is 0.409 e. The number of amides is 1. The van der Waals surface area contributed by atoms with Gasteiger partial charge in [-0.15, -0.1) is 0 Å². The highest BCUT2D eigenvalue weighted by molar-refractivity contribution is 6.01. The van der Waals surface area contributed by atoms with Crippen molar-refractivity contribution in [2.45, 2.75) is 13.0 Å². The molecule has 0 saturated carbocycles. The van der Waals surface area contributed by atoms with Crippen LogP contribution in [0.1, 0.15) is 15.9 Å². The first-order chi connectivity index (χ1) is 18.0. The normalized spacial score (nSPS) is 14.1. The Labute approximate surface area is 217 Å². The number of methoxy groups -OCH3 is 1. The molecule has 0 unspecified atom stereocenters. The third-order valence-corrected chi connectivity index (χ3v) is 7.16. The average Bonchev–Trinajstić information content (AvgIpc) is 3.35. The van der Waals surface area contributed by atoms with Gasteiger partial charge in [-0.3, -0.25) is 9.69 Å². The van der Waals surface area contributed by atoms with Gasteiger partial charge in [-0.2, -0.15) is 0 Å². The summed E-state index contributed by atoms with van der Waals surface area (Å²) in [5.41, 5.74) is 11.7. The highest BCUT2D eigenvalue weighted by Crippen LogP contribution is 2.26. The number of hydrogen-bond donors (Lipinski definition) is 1. The fourth-order valence-electron chi connectivity index (χ4n) is 4.94. The van der Waals surface area contributed by atoms with E-state index in [1.165, 1.54) is 7.11 Å². The Hall–Kier alpha value is -4.10. The van der Waals surface area contributed by atoms with E-state index in [1.54, 1.807) is 4.90 Å². The van der Waals surface area contributed by atoms with Crippen LogP contribution in [0.3, 0.4) is 0 Å². The van der Waals surface area contributed by atoms with Crippen molar-refractivity contribution >= 4 is 28.5 Å². The van der Waals surface area contributed by atoms with Gasteiger partial charge in [-0.25, -0.2) is 4.79 Å². The molecule has 0 bridgehead atoms. The number of Topliss-reactive ketones (excluding diaryl/α,β-unsaturated/α-hetero) is 1. The summed E-state index contributed by atoms with van der Waals surface area (Å²) in [6, 6.07) is 24.0.